The zero-order chi connectivity index (χ0) is 16.6. The molecule has 0 N–H and O–H groups in total. The molecule has 0 aliphatic carbocycles. The fraction of sp³-hybridized carbons (Fsp3) is 0.312. The monoisotopic (exact) mass is 348 g/mol. The lowest BCUT2D eigenvalue weighted by molar-refractivity contribution is 0.250. The van der Waals surface area contributed by atoms with E-state index in [0.29, 0.717) is 11.5 Å². The van der Waals surface area contributed by atoms with Gasteiger partial charge in [0.1, 0.15) is 5.01 Å². The molecule has 3 aromatic rings. The van der Waals surface area contributed by atoms with Gasteiger partial charge in [0.05, 0.1) is 5.69 Å². The normalized spacial score (nSPS) is 12.9. The van der Waals surface area contributed by atoms with Crippen LogP contribution in [0.4, 0.5) is 0 Å². The molecule has 120 valence electrons. The number of fused-ring (bicyclic) bond motifs is 1. The van der Waals surface area contributed by atoms with Gasteiger partial charge in [-0.05, 0) is 38.6 Å². The van der Waals surface area contributed by atoms with Crippen LogP contribution >= 0.6 is 22.9 Å². The second kappa shape index (κ2) is 6.39. The van der Waals surface area contributed by atoms with Gasteiger partial charge in [-0.3, -0.25) is 9.69 Å². The third-order valence-electron chi connectivity index (χ3n) is 3.82. The summed E-state index contributed by atoms with van der Waals surface area (Å²) in [4.78, 5) is 19.4. The molecule has 0 radical (unpaired) electrons. The number of aromatic nitrogens is 3. The van der Waals surface area contributed by atoms with Gasteiger partial charge < -0.3 is 0 Å². The van der Waals surface area contributed by atoms with Crippen molar-refractivity contribution in [3.63, 3.8) is 0 Å². The number of aryl methyl sites for hydroxylation is 1. The summed E-state index contributed by atoms with van der Waals surface area (Å²) in [6.07, 6.45) is 0. The average molecular weight is 349 g/mol. The van der Waals surface area contributed by atoms with E-state index in [4.69, 9.17) is 11.6 Å². The van der Waals surface area contributed by atoms with Crippen molar-refractivity contribution in [2.75, 3.05) is 7.05 Å². The molecular weight excluding hydrogens is 332 g/mol. The lowest BCUT2D eigenvalue weighted by atomic mass is 10.1. The van der Waals surface area contributed by atoms with Gasteiger partial charge in [0.15, 0.2) is 0 Å². The number of hydrogen-bond donors (Lipinski definition) is 0. The van der Waals surface area contributed by atoms with Gasteiger partial charge in [0.2, 0.25) is 4.96 Å². The maximum atomic E-state index is 12.1. The van der Waals surface area contributed by atoms with Gasteiger partial charge >= 0.3 is 0 Å². The highest BCUT2D eigenvalue weighted by atomic mass is 35.5. The minimum absolute atomic E-state index is 0.137. The highest BCUT2D eigenvalue weighted by Gasteiger charge is 2.14. The minimum atomic E-state index is -0.137. The quantitative estimate of drug-likeness (QED) is 0.725. The molecule has 2 heterocycles. The van der Waals surface area contributed by atoms with Gasteiger partial charge in [0, 0.05) is 23.7 Å². The Morgan fingerprint density at radius 2 is 2.04 bits per heavy atom. The summed E-state index contributed by atoms with van der Waals surface area (Å²) in [5.74, 6) is 0. The van der Waals surface area contributed by atoms with Crippen LogP contribution in [0.3, 0.4) is 0 Å². The van der Waals surface area contributed by atoms with E-state index in [9.17, 15) is 4.79 Å². The number of benzene rings is 1. The van der Waals surface area contributed by atoms with Crippen molar-refractivity contribution in [3.8, 4) is 0 Å². The van der Waals surface area contributed by atoms with E-state index in [1.165, 1.54) is 21.4 Å². The fourth-order valence-electron chi connectivity index (χ4n) is 2.42. The molecule has 1 unspecified atom stereocenters. The van der Waals surface area contributed by atoms with Crippen molar-refractivity contribution >= 4 is 27.9 Å². The van der Waals surface area contributed by atoms with E-state index >= 15 is 0 Å². The molecule has 0 aliphatic heterocycles. The Balaban J connectivity index is 1.83. The van der Waals surface area contributed by atoms with Gasteiger partial charge in [-0.25, -0.2) is 4.98 Å². The first kappa shape index (κ1) is 16.1. The number of hydrogen-bond acceptors (Lipinski definition) is 5. The third-order valence-corrected chi connectivity index (χ3v) is 4.90. The predicted molar refractivity (Wildman–Crippen MR) is 93.2 cm³/mol. The molecule has 1 atom stereocenters. The van der Waals surface area contributed by atoms with Crippen LogP contribution in [0.1, 0.15) is 29.2 Å². The van der Waals surface area contributed by atoms with Crippen LogP contribution in [0.25, 0.3) is 4.96 Å². The molecule has 0 spiro atoms. The van der Waals surface area contributed by atoms with Gasteiger partial charge in [-0.15, -0.1) is 0 Å². The van der Waals surface area contributed by atoms with Crippen LogP contribution in [-0.2, 0) is 6.54 Å². The van der Waals surface area contributed by atoms with E-state index in [1.807, 2.05) is 38.2 Å². The SMILES string of the molecule is Cc1nn2c(=O)cc(CN(C)C(C)c3ccc(Cl)cc3)nc2s1. The molecule has 0 aliphatic rings. The predicted octanol–water partition coefficient (Wildman–Crippen LogP) is 3.31. The van der Waals surface area contributed by atoms with Crippen LogP contribution in [0, 0.1) is 6.92 Å². The summed E-state index contributed by atoms with van der Waals surface area (Å²) in [7, 11) is 2.01. The molecule has 5 nitrogen and oxygen atoms in total. The third kappa shape index (κ3) is 3.44. The maximum absolute atomic E-state index is 12.1. The summed E-state index contributed by atoms with van der Waals surface area (Å²) >= 11 is 7.36. The topological polar surface area (TPSA) is 50.5 Å². The van der Waals surface area contributed by atoms with Crippen LogP contribution < -0.4 is 5.56 Å². The first-order valence-corrected chi connectivity index (χ1v) is 8.45. The molecule has 7 heteroatoms. The molecular formula is C16H17ClN4OS. The van der Waals surface area contributed by atoms with Crippen molar-refractivity contribution in [2.24, 2.45) is 0 Å². The summed E-state index contributed by atoms with van der Waals surface area (Å²) in [6.45, 7) is 4.57. The van der Waals surface area contributed by atoms with Crippen LogP contribution in [0.2, 0.25) is 5.02 Å². The molecule has 0 bridgehead atoms. The molecule has 0 saturated carbocycles. The first-order valence-electron chi connectivity index (χ1n) is 7.26. The van der Waals surface area contributed by atoms with Crippen molar-refractivity contribution in [3.05, 3.63) is 62.0 Å². The Kier molecular flexibility index (Phi) is 4.48. The Morgan fingerprint density at radius 1 is 1.35 bits per heavy atom. The Morgan fingerprint density at radius 3 is 2.74 bits per heavy atom. The largest absolute Gasteiger partial charge is 0.294 e. The van der Waals surface area contributed by atoms with Crippen LogP contribution in [0.5, 0.6) is 0 Å². The van der Waals surface area contributed by atoms with Gasteiger partial charge in [0.25, 0.3) is 5.56 Å². The molecule has 0 saturated heterocycles. The van der Waals surface area contributed by atoms with Crippen LogP contribution in [-0.4, -0.2) is 26.5 Å². The van der Waals surface area contributed by atoms with E-state index < -0.39 is 0 Å². The van der Waals surface area contributed by atoms with Crippen molar-refractivity contribution in [2.45, 2.75) is 26.4 Å². The first-order chi connectivity index (χ1) is 10.9. The van der Waals surface area contributed by atoms with Crippen molar-refractivity contribution < 1.29 is 0 Å². The van der Waals surface area contributed by atoms with E-state index in [-0.39, 0.29) is 11.6 Å². The molecule has 3 rings (SSSR count). The van der Waals surface area contributed by atoms with Gasteiger partial charge in [-0.2, -0.15) is 9.61 Å². The van der Waals surface area contributed by atoms with Gasteiger partial charge in [-0.1, -0.05) is 35.1 Å². The summed E-state index contributed by atoms with van der Waals surface area (Å²) in [5, 5.41) is 5.71. The number of nitrogens with zero attached hydrogens (tertiary/aromatic N) is 4. The highest BCUT2D eigenvalue weighted by Crippen LogP contribution is 2.22. The average Bonchev–Trinajstić information content (AvgIpc) is 2.88. The lowest BCUT2D eigenvalue weighted by Gasteiger charge is -2.24. The Bertz CT molecular complexity index is 887. The second-order valence-electron chi connectivity index (χ2n) is 5.54. The van der Waals surface area contributed by atoms with E-state index in [1.54, 1.807) is 6.07 Å². The number of rotatable bonds is 4. The molecule has 0 fully saturated rings. The summed E-state index contributed by atoms with van der Waals surface area (Å²) in [6, 6.07) is 9.55. The standard InChI is InChI=1S/C16H17ClN4OS/c1-10(12-4-6-13(17)7-5-12)20(3)9-14-8-15(22)21-16(18-14)23-11(2)19-21/h4-8,10H,9H2,1-3H3. The zero-order valence-corrected chi connectivity index (χ0v) is 14.7. The molecule has 1 aromatic carbocycles. The maximum Gasteiger partial charge on any atom is 0.275 e. The van der Waals surface area contributed by atoms with Crippen LogP contribution in [0.15, 0.2) is 35.1 Å². The summed E-state index contributed by atoms with van der Waals surface area (Å²) in [5.41, 5.74) is 1.78. The molecule has 0 amide bonds. The fourth-order valence-corrected chi connectivity index (χ4v) is 3.31. The molecule has 23 heavy (non-hydrogen) atoms. The Hall–Kier alpha value is -1.76. The molecule has 2 aromatic heterocycles. The summed E-state index contributed by atoms with van der Waals surface area (Å²) < 4.78 is 1.35. The Labute approximate surface area is 143 Å². The zero-order valence-electron chi connectivity index (χ0n) is 13.2. The smallest absolute Gasteiger partial charge is 0.275 e. The second-order valence-corrected chi connectivity index (χ2v) is 7.14. The van der Waals surface area contributed by atoms with E-state index in [2.05, 4.69) is 21.9 Å². The van der Waals surface area contributed by atoms with Crippen molar-refractivity contribution in [1.29, 1.82) is 0 Å². The van der Waals surface area contributed by atoms with Crippen molar-refractivity contribution in [1.82, 2.24) is 19.5 Å². The number of halogens is 1. The highest BCUT2D eigenvalue weighted by molar-refractivity contribution is 7.16. The minimum Gasteiger partial charge on any atom is -0.294 e. The lowest BCUT2D eigenvalue weighted by Crippen LogP contribution is -2.24. The van der Waals surface area contributed by atoms with E-state index in [0.717, 1.165) is 15.7 Å².